The number of nitrogens with one attached hydrogen (secondary N) is 1. The lowest BCUT2D eigenvalue weighted by molar-refractivity contribution is 0.0952. The molecule has 1 aromatic carbocycles. The van der Waals surface area contributed by atoms with Crippen LogP contribution in [0.15, 0.2) is 36.5 Å². The van der Waals surface area contributed by atoms with Crippen LogP contribution in [0.2, 0.25) is 0 Å². The highest BCUT2D eigenvalue weighted by molar-refractivity contribution is 6.05. The van der Waals surface area contributed by atoms with E-state index in [4.69, 9.17) is 4.98 Å². The molecule has 2 aromatic heterocycles. The van der Waals surface area contributed by atoms with Gasteiger partial charge in [-0.05, 0) is 44.0 Å². The largest absolute Gasteiger partial charge is 0.348 e. The molecular weight excluding hydrogens is 412 g/mol. The van der Waals surface area contributed by atoms with Gasteiger partial charge in [-0.3, -0.25) is 9.69 Å². The van der Waals surface area contributed by atoms with E-state index in [1.807, 2.05) is 10.7 Å². The Hall–Kier alpha value is -2.77. The van der Waals surface area contributed by atoms with Crippen molar-refractivity contribution in [2.45, 2.75) is 52.7 Å². The van der Waals surface area contributed by atoms with E-state index >= 15 is 0 Å². The third kappa shape index (κ3) is 5.42. The number of nitrogens with zero attached hydrogens (tertiary/aromatic N) is 5. The van der Waals surface area contributed by atoms with Crippen molar-refractivity contribution in [2.75, 3.05) is 33.2 Å². The Bertz CT molecular complexity index is 1110. The van der Waals surface area contributed by atoms with Crippen molar-refractivity contribution in [2.24, 2.45) is 0 Å². The fourth-order valence-corrected chi connectivity index (χ4v) is 4.28. The van der Waals surface area contributed by atoms with Crippen molar-refractivity contribution in [3.63, 3.8) is 0 Å². The fraction of sp³-hybridized carbons (Fsp3) is 0.500. The molecule has 7 heteroatoms. The number of rotatable bonds is 7. The lowest BCUT2D eigenvalue weighted by Crippen LogP contribution is -2.43. The number of likely N-dealkylation sites (N-methyl/N-ethyl adjacent to an activating group) is 1. The summed E-state index contributed by atoms with van der Waals surface area (Å²) in [7, 11) is 2.18. The van der Waals surface area contributed by atoms with Gasteiger partial charge >= 0.3 is 0 Å². The Labute approximate surface area is 196 Å². The summed E-state index contributed by atoms with van der Waals surface area (Å²) in [6, 6.07) is 10.6. The van der Waals surface area contributed by atoms with Gasteiger partial charge < -0.3 is 10.2 Å². The Morgan fingerprint density at radius 2 is 1.79 bits per heavy atom. The minimum atomic E-state index is -0.0860. The minimum absolute atomic E-state index is 0.0860. The first kappa shape index (κ1) is 23.4. The van der Waals surface area contributed by atoms with Gasteiger partial charge in [0.1, 0.15) is 0 Å². The average molecular weight is 449 g/mol. The number of benzene rings is 1. The maximum Gasteiger partial charge on any atom is 0.252 e. The molecule has 3 aromatic rings. The van der Waals surface area contributed by atoms with Crippen molar-refractivity contribution in [3.8, 4) is 0 Å². The molecule has 1 saturated heterocycles. The second-order valence-corrected chi connectivity index (χ2v) is 9.75. The Morgan fingerprint density at radius 3 is 2.48 bits per heavy atom. The summed E-state index contributed by atoms with van der Waals surface area (Å²) in [5, 5.41) is 8.42. The molecular formula is C26H36N6O. The van der Waals surface area contributed by atoms with Crippen LogP contribution in [0.5, 0.6) is 0 Å². The smallest absolute Gasteiger partial charge is 0.252 e. The van der Waals surface area contributed by atoms with Crippen molar-refractivity contribution >= 4 is 16.9 Å². The molecule has 0 bridgehead atoms. The van der Waals surface area contributed by atoms with Crippen LogP contribution in [0.4, 0.5) is 0 Å². The predicted molar refractivity (Wildman–Crippen MR) is 132 cm³/mol. The summed E-state index contributed by atoms with van der Waals surface area (Å²) in [5.74, 6) is 0.139. The van der Waals surface area contributed by atoms with Gasteiger partial charge in [0.25, 0.3) is 5.91 Å². The van der Waals surface area contributed by atoms with E-state index in [9.17, 15) is 4.79 Å². The number of hydrogen-bond acceptors (Lipinski definition) is 5. The predicted octanol–water partition coefficient (Wildman–Crippen LogP) is 3.81. The second kappa shape index (κ2) is 10.0. The Balaban J connectivity index is 1.49. The molecule has 1 fully saturated rings. The second-order valence-electron chi connectivity index (χ2n) is 9.75. The summed E-state index contributed by atoms with van der Waals surface area (Å²) < 4.78 is 1.89. The summed E-state index contributed by atoms with van der Waals surface area (Å²) in [4.78, 5) is 22.9. The van der Waals surface area contributed by atoms with Gasteiger partial charge in [0.05, 0.1) is 17.1 Å². The van der Waals surface area contributed by atoms with Crippen LogP contribution in [-0.4, -0.2) is 63.7 Å². The molecule has 3 heterocycles. The zero-order chi connectivity index (χ0) is 23.5. The minimum Gasteiger partial charge on any atom is -0.348 e. The van der Waals surface area contributed by atoms with Crippen LogP contribution in [0, 0.1) is 0 Å². The van der Waals surface area contributed by atoms with Crippen LogP contribution in [0.25, 0.3) is 11.0 Å². The summed E-state index contributed by atoms with van der Waals surface area (Å²) in [5.41, 5.74) is 4.73. The zero-order valence-electron chi connectivity index (χ0n) is 20.5. The van der Waals surface area contributed by atoms with E-state index in [1.54, 1.807) is 6.20 Å². The molecule has 0 spiro atoms. The van der Waals surface area contributed by atoms with E-state index in [-0.39, 0.29) is 17.9 Å². The summed E-state index contributed by atoms with van der Waals surface area (Å²) in [6.07, 6.45) is 1.76. The van der Waals surface area contributed by atoms with Crippen LogP contribution >= 0.6 is 0 Å². The molecule has 1 N–H and O–H groups in total. The highest BCUT2D eigenvalue weighted by atomic mass is 16.1. The number of carbonyl (C=O) groups excluding carboxylic acids is 1. The van der Waals surface area contributed by atoms with E-state index in [2.05, 4.69) is 79.2 Å². The molecule has 0 atom stereocenters. The van der Waals surface area contributed by atoms with Crippen molar-refractivity contribution < 1.29 is 4.79 Å². The third-order valence-electron chi connectivity index (χ3n) is 6.36. The molecule has 7 nitrogen and oxygen atoms in total. The SMILES string of the molecule is CC(C)c1cc(C(=O)NCc2cccc(CN3CCN(C)CC3)c2)c2cnn(C(C)C)c2n1. The van der Waals surface area contributed by atoms with Gasteiger partial charge in [0, 0.05) is 51.0 Å². The highest BCUT2D eigenvalue weighted by Gasteiger charge is 2.19. The zero-order valence-corrected chi connectivity index (χ0v) is 20.5. The number of piperazine rings is 1. The lowest BCUT2D eigenvalue weighted by Gasteiger charge is -2.32. The highest BCUT2D eigenvalue weighted by Crippen LogP contribution is 2.24. The van der Waals surface area contributed by atoms with Gasteiger partial charge in [0.15, 0.2) is 5.65 Å². The molecule has 0 aliphatic carbocycles. The molecule has 176 valence electrons. The number of pyridine rings is 1. The Morgan fingerprint density at radius 1 is 1.06 bits per heavy atom. The van der Waals surface area contributed by atoms with Crippen LogP contribution in [-0.2, 0) is 13.1 Å². The van der Waals surface area contributed by atoms with Gasteiger partial charge in [-0.15, -0.1) is 0 Å². The number of aromatic nitrogens is 3. The maximum atomic E-state index is 13.2. The normalized spacial score (nSPS) is 15.6. The van der Waals surface area contributed by atoms with E-state index in [0.717, 1.165) is 55.0 Å². The van der Waals surface area contributed by atoms with Crippen LogP contribution < -0.4 is 5.32 Å². The molecule has 1 aliphatic rings. The van der Waals surface area contributed by atoms with E-state index in [0.29, 0.717) is 12.1 Å². The van der Waals surface area contributed by atoms with Gasteiger partial charge in [-0.2, -0.15) is 5.10 Å². The molecule has 4 rings (SSSR count). The number of hydrogen-bond donors (Lipinski definition) is 1. The van der Waals surface area contributed by atoms with Gasteiger partial charge in [0.2, 0.25) is 0 Å². The third-order valence-corrected chi connectivity index (χ3v) is 6.36. The first-order chi connectivity index (χ1) is 15.8. The molecule has 1 aliphatic heterocycles. The van der Waals surface area contributed by atoms with Crippen LogP contribution in [0.3, 0.4) is 0 Å². The average Bonchev–Trinajstić information content (AvgIpc) is 3.23. The maximum absolute atomic E-state index is 13.2. The number of carbonyl (C=O) groups is 1. The van der Waals surface area contributed by atoms with Gasteiger partial charge in [-0.1, -0.05) is 38.1 Å². The number of amides is 1. The van der Waals surface area contributed by atoms with Crippen molar-refractivity contribution in [1.82, 2.24) is 29.9 Å². The fourth-order valence-electron chi connectivity index (χ4n) is 4.28. The molecule has 33 heavy (non-hydrogen) atoms. The topological polar surface area (TPSA) is 66.3 Å². The molecule has 0 radical (unpaired) electrons. The monoisotopic (exact) mass is 448 g/mol. The first-order valence-corrected chi connectivity index (χ1v) is 12.0. The van der Waals surface area contributed by atoms with Gasteiger partial charge in [-0.25, -0.2) is 9.67 Å². The van der Waals surface area contributed by atoms with Crippen molar-refractivity contribution in [1.29, 1.82) is 0 Å². The lowest BCUT2D eigenvalue weighted by atomic mass is 10.0. The molecule has 1 amide bonds. The summed E-state index contributed by atoms with van der Waals surface area (Å²) in [6.45, 7) is 14.2. The quantitative estimate of drug-likeness (QED) is 0.595. The van der Waals surface area contributed by atoms with Crippen LogP contribution in [0.1, 0.15) is 66.8 Å². The first-order valence-electron chi connectivity index (χ1n) is 12.0. The Kier molecular flexibility index (Phi) is 7.10. The molecule has 0 unspecified atom stereocenters. The molecule has 0 saturated carbocycles. The standard InChI is InChI=1S/C26H36N6O/c1-18(2)24-14-22(23-16-28-32(19(3)4)25(23)29-24)26(33)27-15-20-7-6-8-21(13-20)17-31-11-9-30(5)10-12-31/h6-8,13-14,16,18-19H,9-12,15,17H2,1-5H3,(H,27,33). The van der Waals surface area contributed by atoms with E-state index in [1.165, 1.54) is 5.56 Å². The summed E-state index contributed by atoms with van der Waals surface area (Å²) >= 11 is 0. The van der Waals surface area contributed by atoms with E-state index < -0.39 is 0 Å². The van der Waals surface area contributed by atoms with Crippen molar-refractivity contribution in [3.05, 3.63) is 58.9 Å². The number of fused-ring (bicyclic) bond motifs is 1.